The van der Waals surface area contributed by atoms with Gasteiger partial charge in [0.15, 0.2) is 5.78 Å². The smallest absolute Gasteiger partial charge is 0.179 e. The predicted octanol–water partition coefficient (Wildman–Crippen LogP) is 3.91. The van der Waals surface area contributed by atoms with Crippen LogP contribution >= 0.6 is 11.8 Å². The Morgan fingerprint density at radius 1 is 1.20 bits per heavy atom. The number of rotatable bonds is 8. The number of nitrogens with one attached hydrogen (secondary N) is 1. The molecule has 2 atom stereocenters. The van der Waals surface area contributed by atoms with Crippen molar-refractivity contribution in [2.45, 2.75) is 37.2 Å². The van der Waals surface area contributed by atoms with Gasteiger partial charge < -0.3 is 15.2 Å². The average molecular weight is 359 g/mol. The number of hydrogen-bond donors (Lipinski definition) is 2. The fraction of sp³-hybridized carbons (Fsp3) is 0.350. The van der Waals surface area contributed by atoms with Crippen molar-refractivity contribution in [3.63, 3.8) is 0 Å². The summed E-state index contributed by atoms with van der Waals surface area (Å²) in [7, 11) is 1.65. The molecule has 0 aliphatic carbocycles. The van der Waals surface area contributed by atoms with Gasteiger partial charge in [0.05, 0.1) is 13.2 Å². The van der Waals surface area contributed by atoms with Crippen molar-refractivity contribution in [1.82, 2.24) is 5.32 Å². The normalized spacial score (nSPS) is 13.3. The molecule has 5 heteroatoms. The number of phenolic OH excluding ortho intramolecular Hbond substituents is 1. The summed E-state index contributed by atoms with van der Waals surface area (Å²) in [5.74, 6) is 1.07. The van der Waals surface area contributed by atoms with Crippen molar-refractivity contribution in [1.29, 1.82) is 0 Å². The van der Waals surface area contributed by atoms with Gasteiger partial charge in [0.2, 0.25) is 0 Å². The molecule has 2 unspecified atom stereocenters. The molecule has 2 aromatic carbocycles. The number of aromatic hydroxyl groups is 1. The Hall–Kier alpha value is -1.98. The minimum atomic E-state index is -0.299. The highest BCUT2D eigenvalue weighted by Gasteiger charge is 2.18. The number of phenols is 1. The second-order valence-electron chi connectivity index (χ2n) is 6.09. The first-order chi connectivity index (χ1) is 11.9. The molecule has 4 nitrogen and oxygen atoms in total. The number of benzene rings is 2. The highest BCUT2D eigenvalue weighted by atomic mass is 32.2. The number of methoxy groups -OCH3 is 1. The van der Waals surface area contributed by atoms with E-state index in [0.717, 1.165) is 12.2 Å². The fourth-order valence-corrected chi connectivity index (χ4v) is 3.28. The van der Waals surface area contributed by atoms with E-state index < -0.39 is 0 Å². The van der Waals surface area contributed by atoms with Crippen molar-refractivity contribution in [3.05, 3.63) is 53.6 Å². The first-order valence-electron chi connectivity index (χ1n) is 8.24. The van der Waals surface area contributed by atoms with Crippen LogP contribution in [0.2, 0.25) is 0 Å². The lowest BCUT2D eigenvalue weighted by atomic mass is 10.0. The molecule has 2 rings (SSSR count). The minimum Gasteiger partial charge on any atom is -0.507 e. The van der Waals surface area contributed by atoms with Gasteiger partial charge in [-0.1, -0.05) is 12.1 Å². The van der Waals surface area contributed by atoms with Gasteiger partial charge in [0.1, 0.15) is 11.5 Å². The number of hydrogen-bond acceptors (Lipinski definition) is 5. The van der Waals surface area contributed by atoms with Gasteiger partial charge >= 0.3 is 0 Å². The molecule has 0 fully saturated rings. The first kappa shape index (κ1) is 19.3. The van der Waals surface area contributed by atoms with Crippen LogP contribution in [0.3, 0.4) is 0 Å². The number of thioether (sulfide) groups is 1. The summed E-state index contributed by atoms with van der Waals surface area (Å²) in [6.45, 7) is 3.94. The number of ether oxygens (including phenoxy) is 1. The second-order valence-corrected chi connectivity index (χ2v) is 6.94. The maximum absolute atomic E-state index is 12.6. The Labute approximate surface area is 153 Å². The number of carbonyl (C=O) groups is 1. The molecule has 25 heavy (non-hydrogen) atoms. The molecule has 2 N–H and O–H groups in total. The van der Waals surface area contributed by atoms with E-state index in [-0.39, 0.29) is 23.6 Å². The fourth-order valence-electron chi connectivity index (χ4n) is 2.76. The highest BCUT2D eigenvalue weighted by Crippen LogP contribution is 2.27. The largest absolute Gasteiger partial charge is 0.507 e. The molecule has 134 valence electrons. The Morgan fingerprint density at radius 3 is 2.48 bits per heavy atom. The number of Topliss-reactive ketones (excluding diaryl/α,β-unsaturated/α-hetero) is 1. The SMILES string of the molecule is COc1ccc(CC(C)NC(C)C(=O)c2ccc(O)c(SC)c2)cc1. The molecule has 0 saturated carbocycles. The van der Waals surface area contributed by atoms with Crippen LogP contribution in [0.5, 0.6) is 11.5 Å². The van der Waals surface area contributed by atoms with Gasteiger partial charge in [-0.3, -0.25) is 4.79 Å². The van der Waals surface area contributed by atoms with Crippen LogP contribution in [-0.2, 0) is 6.42 Å². The lowest BCUT2D eigenvalue weighted by molar-refractivity contribution is 0.0945. The molecule has 2 aromatic rings. The summed E-state index contributed by atoms with van der Waals surface area (Å²) < 4.78 is 5.17. The minimum absolute atomic E-state index is 0.0249. The van der Waals surface area contributed by atoms with E-state index in [2.05, 4.69) is 12.2 Å². The quantitative estimate of drug-likeness (QED) is 0.553. The predicted molar refractivity (Wildman–Crippen MR) is 103 cm³/mol. The Balaban J connectivity index is 1.97. The molecule has 0 bridgehead atoms. The van der Waals surface area contributed by atoms with Crippen LogP contribution in [0.15, 0.2) is 47.4 Å². The zero-order valence-electron chi connectivity index (χ0n) is 15.1. The lowest BCUT2D eigenvalue weighted by Crippen LogP contribution is -2.41. The standard InChI is InChI=1S/C20H25NO3S/c1-13(11-15-5-8-17(24-3)9-6-15)21-14(2)20(23)16-7-10-18(22)19(12-16)25-4/h5-10,12-14,21-22H,11H2,1-4H3. The topological polar surface area (TPSA) is 58.6 Å². The zero-order valence-corrected chi connectivity index (χ0v) is 15.9. The van der Waals surface area contributed by atoms with E-state index in [1.54, 1.807) is 25.3 Å². The van der Waals surface area contributed by atoms with Crippen molar-refractivity contribution in [2.24, 2.45) is 0 Å². The molecular formula is C20H25NO3S. The third kappa shape index (κ3) is 5.25. The molecule has 0 spiro atoms. The van der Waals surface area contributed by atoms with Gasteiger partial charge in [-0.15, -0.1) is 11.8 Å². The van der Waals surface area contributed by atoms with Crippen LogP contribution in [0.1, 0.15) is 29.8 Å². The van der Waals surface area contributed by atoms with E-state index in [4.69, 9.17) is 4.74 Å². The van der Waals surface area contributed by atoms with Crippen LogP contribution < -0.4 is 10.1 Å². The second kappa shape index (κ2) is 8.92. The van der Waals surface area contributed by atoms with Gasteiger partial charge in [-0.25, -0.2) is 0 Å². The molecular weight excluding hydrogens is 334 g/mol. The molecule has 0 amide bonds. The van der Waals surface area contributed by atoms with Gasteiger partial charge in [0.25, 0.3) is 0 Å². The van der Waals surface area contributed by atoms with E-state index in [1.165, 1.54) is 17.3 Å². The Morgan fingerprint density at radius 2 is 1.88 bits per heavy atom. The zero-order chi connectivity index (χ0) is 18.4. The van der Waals surface area contributed by atoms with Crippen molar-refractivity contribution in [3.8, 4) is 11.5 Å². The lowest BCUT2D eigenvalue weighted by Gasteiger charge is -2.20. The molecule has 0 aliphatic heterocycles. The van der Waals surface area contributed by atoms with Crippen LogP contribution in [0.25, 0.3) is 0 Å². The number of carbonyl (C=O) groups excluding carboxylic acids is 1. The van der Waals surface area contributed by atoms with E-state index in [9.17, 15) is 9.90 Å². The number of ketones is 1. The van der Waals surface area contributed by atoms with Crippen molar-refractivity contribution < 1.29 is 14.6 Å². The summed E-state index contributed by atoms with van der Waals surface area (Å²) in [6, 6.07) is 12.8. The molecule has 0 aromatic heterocycles. The monoisotopic (exact) mass is 359 g/mol. The van der Waals surface area contributed by atoms with Crippen LogP contribution in [-0.4, -0.2) is 36.3 Å². The third-order valence-corrected chi connectivity index (χ3v) is 4.86. The summed E-state index contributed by atoms with van der Waals surface area (Å²) in [4.78, 5) is 13.3. The van der Waals surface area contributed by atoms with Crippen molar-refractivity contribution in [2.75, 3.05) is 13.4 Å². The summed E-state index contributed by atoms with van der Waals surface area (Å²) in [5.41, 5.74) is 1.80. The summed E-state index contributed by atoms with van der Waals surface area (Å²) in [5, 5.41) is 13.1. The van der Waals surface area contributed by atoms with Gasteiger partial charge in [0, 0.05) is 16.5 Å². The van der Waals surface area contributed by atoms with Gasteiger partial charge in [-0.05, 0) is 62.4 Å². The maximum atomic E-state index is 12.6. The molecule has 0 saturated heterocycles. The Bertz CT molecular complexity index is 715. The van der Waals surface area contributed by atoms with E-state index >= 15 is 0 Å². The van der Waals surface area contributed by atoms with Crippen LogP contribution in [0.4, 0.5) is 0 Å². The Kier molecular flexibility index (Phi) is 6.91. The van der Waals surface area contributed by atoms with Crippen LogP contribution in [0, 0.1) is 0 Å². The van der Waals surface area contributed by atoms with E-state index in [1.807, 2.05) is 37.4 Å². The molecule has 0 heterocycles. The maximum Gasteiger partial charge on any atom is 0.179 e. The first-order valence-corrected chi connectivity index (χ1v) is 9.47. The summed E-state index contributed by atoms with van der Waals surface area (Å²) in [6.07, 6.45) is 2.70. The molecule has 0 aliphatic rings. The van der Waals surface area contributed by atoms with Gasteiger partial charge in [-0.2, -0.15) is 0 Å². The average Bonchev–Trinajstić information content (AvgIpc) is 2.62. The summed E-state index contributed by atoms with van der Waals surface area (Å²) >= 11 is 1.42. The third-order valence-electron chi connectivity index (χ3n) is 4.09. The van der Waals surface area contributed by atoms with E-state index in [0.29, 0.717) is 10.5 Å². The highest BCUT2D eigenvalue weighted by molar-refractivity contribution is 7.98. The van der Waals surface area contributed by atoms with Crippen molar-refractivity contribution >= 4 is 17.5 Å². The molecule has 0 radical (unpaired) electrons.